The minimum Gasteiger partial charge on any atom is -0.508 e. The molecule has 4 saturated heterocycles. The number of fused-ring (bicyclic) bond motifs is 5. The molecule has 4 fully saturated rings. The monoisotopic (exact) mass is 618 g/mol. The van der Waals surface area contributed by atoms with E-state index in [4.69, 9.17) is 11.2 Å². The summed E-state index contributed by atoms with van der Waals surface area (Å²) in [6.45, 7) is 1.82. The zero-order chi connectivity index (χ0) is 31.1. The number of alkyl halides is 2. The van der Waals surface area contributed by atoms with Gasteiger partial charge in [0, 0.05) is 30.0 Å². The van der Waals surface area contributed by atoms with Gasteiger partial charge in [0.15, 0.2) is 17.4 Å². The molecule has 4 aromatic rings. The molecule has 4 aliphatic rings. The first-order valence-corrected chi connectivity index (χ1v) is 15.2. The van der Waals surface area contributed by atoms with Crippen LogP contribution < -0.4 is 15.0 Å². The van der Waals surface area contributed by atoms with Crippen molar-refractivity contribution in [1.82, 2.24) is 25.2 Å². The predicted molar refractivity (Wildman–Crippen MR) is 160 cm³/mol. The molecule has 0 radical (unpaired) electrons. The lowest BCUT2D eigenvalue weighted by molar-refractivity contribution is 0.0435. The molecule has 4 aliphatic heterocycles. The van der Waals surface area contributed by atoms with Gasteiger partial charge in [-0.2, -0.15) is 9.97 Å². The highest BCUT2D eigenvalue weighted by molar-refractivity contribution is 6.03. The summed E-state index contributed by atoms with van der Waals surface area (Å²) >= 11 is 0. The standard InChI is InChI=1S/C33H30F4N6O2/c1-2-21-24(34)6-5-19-13-20(44)14-22(25(19)21)27-26(35)28-23(15-38-27)29(42-16-32(36)9-10-33(37,17-42)41-32)40-30(39-28)45-18-31-7-3-11-43(31)12-4-8-31/h1,5-6,13-15,41,44H,3-4,7-12,16-18H2/t32-,33+. The van der Waals surface area contributed by atoms with E-state index in [1.807, 2.05) is 0 Å². The van der Waals surface area contributed by atoms with Crippen molar-refractivity contribution in [2.45, 2.75) is 55.6 Å². The Hall–Kier alpha value is -4.21. The van der Waals surface area contributed by atoms with Gasteiger partial charge in [-0.25, -0.2) is 22.9 Å². The Kier molecular flexibility index (Phi) is 6.22. The van der Waals surface area contributed by atoms with Gasteiger partial charge in [-0.05, 0) is 62.4 Å². The van der Waals surface area contributed by atoms with E-state index in [1.165, 1.54) is 35.4 Å². The molecule has 0 amide bonds. The second kappa shape index (κ2) is 9.89. The number of anilines is 1. The predicted octanol–water partition coefficient (Wildman–Crippen LogP) is 5.35. The number of pyridine rings is 1. The van der Waals surface area contributed by atoms with Crippen molar-refractivity contribution in [3.8, 4) is 35.4 Å². The van der Waals surface area contributed by atoms with Crippen molar-refractivity contribution < 1.29 is 27.4 Å². The molecule has 2 atom stereocenters. The van der Waals surface area contributed by atoms with Crippen LogP contribution in [0, 0.1) is 24.0 Å². The average molecular weight is 619 g/mol. The normalized spacial score (nSPS) is 25.6. The van der Waals surface area contributed by atoms with E-state index in [1.54, 1.807) is 0 Å². The third kappa shape index (κ3) is 4.47. The Balaban J connectivity index is 1.30. The number of halogens is 4. The van der Waals surface area contributed by atoms with E-state index in [-0.39, 0.29) is 82.2 Å². The zero-order valence-electron chi connectivity index (χ0n) is 24.3. The summed E-state index contributed by atoms with van der Waals surface area (Å²) in [4.78, 5) is 17.3. The number of rotatable bonds is 5. The number of hydrogen-bond donors (Lipinski definition) is 2. The van der Waals surface area contributed by atoms with Gasteiger partial charge in [0.25, 0.3) is 0 Å². The summed E-state index contributed by atoms with van der Waals surface area (Å²) in [5.74, 6) is -3.32. The van der Waals surface area contributed by atoms with Gasteiger partial charge in [-0.3, -0.25) is 9.88 Å². The van der Waals surface area contributed by atoms with E-state index < -0.39 is 23.2 Å². The maximum atomic E-state index is 16.7. The van der Waals surface area contributed by atoms with Crippen LogP contribution in [0.5, 0.6) is 11.8 Å². The number of nitrogens with one attached hydrogen (secondary N) is 1. The molecular weight excluding hydrogens is 588 g/mol. The van der Waals surface area contributed by atoms with Crippen LogP contribution in [0.15, 0.2) is 30.5 Å². The maximum Gasteiger partial charge on any atom is 0.319 e. The molecule has 12 heteroatoms. The van der Waals surface area contributed by atoms with E-state index in [2.05, 4.69) is 31.1 Å². The van der Waals surface area contributed by atoms with Crippen molar-refractivity contribution in [2.24, 2.45) is 0 Å². The first-order chi connectivity index (χ1) is 21.6. The summed E-state index contributed by atoms with van der Waals surface area (Å²) in [6, 6.07) is 5.16. The Labute approximate surface area is 256 Å². The van der Waals surface area contributed by atoms with Crippen molar-refractivity contribution in [3.05, 3.63) is 47.7 Å². The highest BCUT2D eigenvalue weighted by Crippen LogP contribution is 2.44. The summed E-state index contributed by atoms with van der Waals surface area (Å²) < 4.78 is 68.8. The summed E-state index contributed by atoms with van der Waals surface area (Å²) in [5.41, 5.74) is -0.616. The summed E-state index contributed by atoms with van der Waals surface area (Å²) in [7, 11) is 0. The number of aromatic nitrogens is 3. The van der Waals surface area contributed by atoms with Gasteiger partial charge in [0.05, 0.1) is 29.6 Å². The van der Waals surface area contributed by atoms with Crippen LogP contribution in [0.4, 0.5) is 23.4 Å². The SMILES string of the molecule is C#Cc1c(F)ccc2cc(O)cc(-c3ncc4c(N5C[C@]6(F)CC[C@](F)(C5)N6)nc(OCC56CCCN5CCC6)nc4c3F)c12. The Bertz CT molecular complexity index is 1910. The minimum atomic E-state index is -1.99. The number of nitrogens with zero attached hydrogens (tertiary/aromatic N) is 5. The lowest BCUT2D eigenvalue weighted by Gasteiger charge is -2.40. The van der Waals surface area contributed by atoms with Gasteiger partial charge in [-0.1, -0.05) is 12.0 Å². The molecule has 2 aromatic carbocycles. The van der Waals surface area contributed by atoms with E-state index in [9.17, 15) is 9.50 Å². The molecule has 2 aromatic heterocycles. The quantitative estimate of drug-likeness (QED) is 0.176. The largest absolute Gasteiger partial charge is 0.508 e. The number of benzene rings is 2. The second-order valence-electron chi connectivity index (χ2n) is 12.8. The van der Waals surface area contributed by atoms with Gasteiger partial charge < -0.3 is 14.7 Å². The fraction of sp³-hybridized carbons (Fsp3) is 0.424. The fourth-order valence-electron chi connectivity index (χ4n) is 7.90. The fourth-order valence-corrected chi connectivity index (χ4v) is 7.90. The summed E-state index contributed by atoms with van der Waals surface area (Å²) in [6.07, 6.45) is 11.0. The maximum absolute atomic E-state index is 16.7. The number of phenolic OH excluding ortho intramolecular Hbond substituents is 1. The topological polar surface area (TPSA) is 86.6 Å². The minimum absolute atomic E-state index is 0.0138. The Morgan fingerprint density at radius 2 is 1.76 bits per heavy atom. The van der Waals surface area contributed by atoms with Crippen molar-refractivity contribution in [1.29, 1.82) is 0 Å². The van der Waals surface area contributed by atoms with E-state index in [0.29, 0.717) is 12.0 Å². The molecule has 0 unspecified atom stereocenters. The van der Waals surface area contributed by atoms with Crippen LogP contribution in [0.3, 0.4) is 0 Å². The number of piperazine rings is 1. The molecule has 0 spiro atoms. The van der Waals surface area contributed by atoms with Crippen LogP contribution in [-0.4, -0.2) is 74.9 Å². The third-order valence-corrected chi connectivity index (χ3v) is 9.92. The molecule has 232 valence electrons. The van der Waals surface area contributed by atoms with Gasteiger partial charge in [0.1, 0.15) is 35.2 Å². The average Bonchev–Trinajstić information content (AvgIpc) is 3.65. The van der Waals surface area contributed by atoms with E-state index >= 15 is 13.2 Å². The number of aromatic hydroxyl groups is 1. The van der Waals surface area contributed by atoms with Gasteiger partial charge >= 0.3 is 6.01 Å². The van der Waals surface area contributed by atoms with Crippen molar-refractivity contribution >= 4 is 27.5 Å². The number of phenols is 1. The Morgan fingerprint density at radius 3 is 2.47 bits per heavy atom. The van der Waals surface area contributed by atoms with Gasteiger partial charge in [0.2, 0.25) is 0 Å². The molecule has 0 aliphatic carbocycles. The van der Waals surface area contributed by atoms with Crippen LogP contribution >= 0.6 is 0 Å². The molecule has 2 N–H and O–H groups in total. The van der Waals surface area contributed by atoms with Crippen LogP contribution in [0.2, 0.25) is 0 Å². The van der Waals surface area contributed by atoms with Gasteiger partial charge in [-0.15, -0.1) is 6.42 Å². The smallest absolute Gasteiger partial charge is 0.319 e. The molecule has 2 bridgehead atoms. The number of terminal acetylenes is 1. The molecule has 45 heavy (non-hydrogen) atoms. The number of hydrogen-bond acceptors (Lipinski definition) is 8. The Morgan fingerprint density at radius 1 is 1.02 bits per heavy atom. The second-order valence-corrected chi connectivity index (χ2v) is 12.8. The highest BCUT2D eigenvalue weighted by Gasteiger charge is 2.55. The highest BCUT2D eigenvalue weighted by atomic mass is 19.2. The van der Waals surface area contributed by atoms with Crippen molar-refractivity contribution in [2.75, 3.05) is 37.7 Å². The molecule has 8 nitrogen and oxygen atoms in total. The zero-order valence-corrected chi connectivity index (χ0v) is 24.3. The molecule has 8 rings (SSSR count). The van der Waals surface area contributed by atoms with E-state index in [0.717, 1.165) is 38.8 Å². The number of ether oxygens (including phenoxy) is 1. The molecule has 0 saturated carbocycles. The molecular formula is C33H30F4N6O2. The van der Waals surface area contributed by atoms with Crippen molar-refractivity contribution in [3.63, 3.8) is 0 Å². The lowest BCUT2D eigenvalue weighted by atomic mass is 9.95. The van der Waals surface area contributed by atoms with Crippen LogP contribution in [0.25, 0.3) is 32.9 Å². The molecule has 6 heterocycles. The van der Waals surface area contributed by atoms with Crippen LogP contribution in [0.1, 0.15) is 44.1 Å². The first kappa shape index (κ1) is 28.3. The third-order valence-electron chi connectivity index (χ3n) is 9.92. The first-order valence-electron chi connectivity index (χ1n) is 15.2. The summed E-state index contributed by atoms with van der Waals surface area (Å²) in [5, 5.41) is 13.7. The van der Waals surface area contributed by atoms with Crippen LogP contribution in [-0.2, 0) is 0 Å². The lowest BCUT2D eigenvalue weighted by Crippen LogP contribution is -2.62.